The average molecular weight is 268 g/mol. The van der Waals surface area contributed by atoms with E-state index in [2.05, 4.69) is 4.98 Å². The van der Waals surface area contributed by atoms with Crippen molar-refractivity contribution >= 4 is 11.9 Å². The van der Waals surface area contributed by atoms with E-state index in [0.29, 0.717) is 24.4 Å². The van der Waals surface area contributed by atoms with Gasteiger partial charge in [0.05, 0.1) is 6.61 Å². The normalized spacial score (nSPS) is 12.2. The molecule has 0 aliphatic rings. The van der Waals surface area contributed by atoms with Crippen LogP contribution in [0.15, 0.2) is 0 Å². The molecule has 0 aromatic carbocycles. The lowest BCUT2D eigenvalue weighted by molar-refractivity contribution is -0.138. The maximum Gasteiger partial charge on any atom is 0.355 e. The van der Waals surface area contributed by atoms with Crippen molar-refractivity contribution in [1.82, 2.24) is 4.98 Å². The summed E-state index contributed by atoms with van der Waals surface area (Å²) in [5.74, 6) is -1.49. The van der Waals surface area contributed by atoms with Gasteiger partial charge in [0.15, 0.2) is 0 Å². The van der Waals surface area contributed by atoms with Crippen molar-refractivity contribution in [3.63, 3.8) is 0 Å². The first-order valence-corrected chi connectivity index (χ1v) is 6.28. The van der Waals surface area contributed by atoms with Gasteiger partial charge in [-0.1, -0.05) is 6.92 Å². The largest absolute Gasteiger partial charge is 0.480 e. The molecule has 0 aliphatic carbocycles. The molecule has 4 N–H and O–H groups in total. The van der Waals surface area contributed by atoms with Gasteiger partial charge in [-0.2, -0.15) is 0 Å². The van der Waals surface area contributed by atoms with Gasteiger partial charge in [0.1, 0.15) is 11.7 Å². The number of aliphatic carboxylic acids is 1. The van der Waals surface area contributed by atoms with Crippen molar-refractivity contribution in [3.8, 4) is 0 Å². The number of nitrogens with two attached hydrogens (primary N) is 1. The molecule has 0 bridgehead atoms. The lowest BCUT2D eigenvalue weighted by Gasteiger charge is -2.06. The van der Waals surface area contributed by atoms with E-state index in [-0.39, 0.29) is 6.42 Å². The molecule has 0 fully saturated rings. The first-order valence-electron chi connectivity index (χ1n) is 6.28. The summed E-state index contributed by atoms with van der Waals surface area (Å²) in [6.07, 6.45) is 0.863. The van der Waals surface area contributed by atoms with Gasteiger partial charge in [-0.15, -0.1) is 0 Å². The number of hydrogen-bond donors (Lipinski definition) is 3. The second kappa shape index (κ2) is 6.38. The van der Waals surface area contributed by atoms with Crippen LogP contribution in [0.1, 0.15) is 41.2 Å². The Kier molecular flexibility index (Phi) is 5.11. The Morgan fingerprint density at radius 2 is 2.05 bits per heavy atom. The second-order valence-corrected chi connectivity index (χ2v) is 4.30. The van der Waals surface area contributed by atoms with E-state index in [1.54, 1.807) is 6.92 Å². The van der Waals surface area contributed by atoms with Crippen LogP contribution in [0.2, 0.25) is 0 Å². The fourth-order valence-electron chi connectivity index (χ4n) is 2.06. The Hall–Kier alpha value is -1.82. The first-order chi connectivity index (χ1) is 8.92. The van der Waals surface area contributed by atoms with E-state index < -0.39 is 18.0 Å². The van der Waals surface area contributed by atoms with Gasteiger partial charge in [-0.25, -0.2) is 4.79 Å². The molecule has 1 aromatic rings. The van der Waals surface area contributed by atoms with Gasteiger partial charge in [-0.05, 0) is 31.4 Å². The van der Waals surface area contributed by atoms with Gasteiger partial charge in [-0.3, -0.25) is 4.79 Å². The molecule has 6 nitrogen and oxygen atoms in total. The van der Waals surface area contributed by atoms with E-state index in [4.69, 9.17) is 15.6 Å². The molecule has 0 aliphatic heterocycles. The minimum atomic E-state index is -1.06. The summed E-state index contributed by atoms with van der Waals surface area (Å²) < 4.78 is 4.96. The van der Waals surface area contributed by atoms with Crippen LogP contribution < -0.4 is 5.73 Å². The zero-order valence-corrected chi connectivity index (χ0v) is 11.4. The number of H-pyrrole nitrogens is 1. The molecule has 1 aromatic heterocycles. The topological polar surface area (TPSA) is 105 Å². The zero-order chi connectivity index (χ0) is 14.6. The highest BCUT2D eigenvalue weighted by atomic mass is 16.5. The molecule has 106 valence electrons. The summed E-state index contributed by atoms with van der Waals surface area (Å²) in [7, 11) is 0. The number of hydrogen-bond acceptors (Lipinski definition) is 4. The standard InChI is InChI=1S/C13H20N2O4/c1-4-8-7(3)11(13(18)19-5-2)15-10(8)6-9(14)12(16)17/h9,15H,4-6,14H2,1-3H3,(H,16,17). The number of carboxylic acid groups (broad SMARTS) is 1. The van der Waals surface area contributed by atoms with Crippen LogP contribution in [0.4, 0.5) is 0 Å². The Morgan fingerprint density at radius 3 is 2.53 bits per heavy atom. The molecule has 1 rings (SSSR count). The fraction of sp³-hybridized carbons (Fsp3) is 0.538. The van der Waals surface area contributed by atoms with Crippen molar-refractivity contribution in [2.75, 3.05) is 6.61 Å². The molecule has 0 saturated carbocycles. The lowest BCUT2D eigenvalue weighted by Crippen LogP contribution is -2.32. The highest BCUT2D eigenvalue weighted by Crippen LogP contribution is 2.21. The Morgan fingerprint density at radius 1 is 1.42 bits per heavy atom. The summed E-state index contributed by atoms with van der Waals surface area (Å²) in [4.78, 5) is 25.5. The summed E-state index contributed by atoms with van der Waals surface area (Å²) in [6, 6.07) is -0.988. The Labute approximate surface area is 111 Å². The number of aromatic nitrogens is 1. The van der Waals surface area contributed by atoms with Gasteiger partial charge < -0.3 is 20.6 Å². The van der Waals surface area contributed by atoms with Crippen LogP contribution in [-0.2, 0) is 22.4 Å². The van der Waals surface area contributed by atoms with Crippen LogP contribution in [0, 0.1) is 6.92 Å². The summed E-state index contributed by atoms with van der Waals surface area (Å²) >= 11 is 0. The predicted octanol–water partition coefficient (Wildman–Crippen LogP) is 1.02. The summed E-state index contributed by atoms with van der Waals surface area (Å²) in [5.41, 5.74) is 8.33. The van der Waals surface area contributed by atoms with Crippen LogP contribution in [0.5, 0.6) is 0 Å². The van der Waals surface area contributed by atoms with E-state index in [1.807, 2.05) is 13.8 Å². The molecule has 1 heterocycles. The molecular formula is C13H20N2O4. The number of carbonyl (C=O) groups excluding carboxylic acids is 1. The lowest BCUT2D eigenvalue weighted by atomic mass is 10.0. The maximum atomic E-state index is 11.8. The van der Waals surface area contributed by atoms with Gasteiger partial charge in [0.25, 0.3) is 0 Å². The van der Waals surface area contributed by atoms with Crippen molar-refractivity contribution in [3.05, 3.63) is 22.5 Å². The van der Waals surface area contributed by atoms with Gasteiger partial charge in [0, 0.05) is 12.1 Å². The minimum absolute atomic E-state index is 0.165. The Balaban J connectivity index is 3.08. The van der Waals surface area contributed by atoms with Crippen molar-refractivity contribution in [2.24, 2.45) is 5.73 Å². The molecule has 1 unspecified atom stereocenters. The number of rotatable bonds is 6. The minimum Gasteiger partial charge on any atom is -0.480 e. The van der Waals surface area contributed by atoms with Crippen molar-refractivity contribution in [2.45, 2.75) is 39.7 Å². The Bertz CT molecular complexity index is 479. The van der Waals surface area contributed by atoms with E-state index in [9.17, 15) is 9.59 Å². The highest BCUT2D eigenvalue weighted by Gasteiger charge is 2.22. The number of carbonyl (C=O) groups is 2. The quantitative estimate of drug-likeness (QED) is 0.668. The second-order valence-electron chi connectivity index (χ2n) is 4.30. The number of carboxylic acids is 1. The van der Waals surface area contributed by atoms with Crippen molar-refractivity contribution in [1.29, 1.82) is 0 Å². The summed E-state index contributed by atoms with van der Waals surface area (Å²) in [6.45, 7) is 5.79. The molecular weight excluding hydrogens is 248 g/mol. The number of ether oxygens (including phenoxy) is 1. The third-order valence-corrected chi connectivity index (χ3v) is 3.04. The molecule has 0 spiro atoms. The van der Waals surface area contributed by atoms with Crippen LogP contribution in [-0.4, -0.2) is 34.7 Å². The number of aromatic amines is 1. The van der Waals surface area contributed by atoms with E-state index in [0.717, 1.165) is 11.1 Å². The molecule has 19 heavy (non-hydrogen) atoms. The molecule has 0 radical (unpaired) electrons. The molecule has 0 saturated heterocycles. The third kappa shape index (κ3) is 3.35. The predicted molar refractivity (Wildman–Crippen MR) is 70.2 cm³/mol. The number of esters is 1. The monoisotopic (exact) mass is 268 g/mol. The third-order valence-electron chi connectivity index (χ3n) is 3.04. The maximum absolute atomic E-state index is 11.8. The number of nitrogens with one attached hydrogen (secondary N) is 1. The SMILES string of the molecule is CCOC(=O)c1[nH]c(CC(N)C(=O)O)c(CC)c1C. The smallest absolute Gasteiger partial charge is 0.355 e. The van der Waals surface area contributed by atoms with E-state index in [1.165, 1.54) is 0 Å². The first kappa shape index (κ1) is 15.2. The molecule has 6 heteroatoms. The van der Waals surface area contributed by atoms with Gasteiger partial charge >= 0.3 is 11.9 Å². The van der Waals surface area contributed by atoms with Crippen LogP contribution in [0.25, 0.3) is 0 Å². The highest BCUT2D eigenvalue weighted by molar-refractivity contribution is 5.90. The zero-order valence-electron chi connectivity index (χ0n) is 11.4. The van der Waals surface area contributed by atoms with E-state index >= 15 is 0 Å². The fourth-order valence-corrected chi connectivity index (χ4v) is 2.06. The average Bonchev–Trinajstić information content (AvgIpc) is 2.65. The van der Waals surface area contributed by atoms with Gasteiger partial charge in [0.2, 0.25) is 0 Å². The van der Waals surface area contributed by atoms with Crippen molar-refractivity contribution < 1.29 is 19.4 Å². The summed E-state index contributed by atoms with van der Waals surface area (Å²) in [5, 5.41) is 8.85. The molecule has 1 atom stereocenters. The molecule has 0 amide bonds. The van der Waals surface area contributed by atoms with Crippen LogP contribution >= 0.6 is 0 Å². The van der Waals surface area contributed by atoms with Crippen LogP contribution in [0.3, 0.4) is 0 Å².